The van der Waals surface area contributed by atoms with Gasteiger partial charge in [0.1, 0.15) is 0 Å². The first kappa shape index (κ1) is 17.9. The molecule has 0 aromatic heterocycles. The second-order valence-electron chi connectivity index (χ2n) is 7.36. The van der Waals surface area contributed by atoms with Crippen molar-refractivity contribution in [2.75, 3.05) is 33.4 Å². The standard InChI is InChI=1S/C17H36N2O/c1-14(2)12-19(9-10-20-5)17(13-18)8-6-7-16(11-17)15(3)4/h14-16H,6-13,18H2,1-5H3. The normalized spacial score (nSPS) is 27.8. The lowest BCUT2D eigenvalue weighted by molar-refractivity contribution is 0.00204. The molecule has 0 heterocycles. The molecule has 0 saturated heterocycles. The van der Waals surface area contributed by atoms with Crippen molar-refractivity contribution in [1.29, 1.82) is 0 Å². The Hall–Kier alpha value is -0.120. The van der Waals surface area contributed by atoms with Crippen LogP contribution < -0.4 is 5.73 Å². The fourth-order valence-corrected chi connectivity index (χ4v) is 3.72. The summed E-state index contributed by atoms with van der Waals surface area (Å²) in [7, 11) is 1.79. The topological polar surface area (TPSA) is 38.5 Å². The highest BCUT2D eigenvalue weighted by molar-refractivity contribution is 4.97. The average Bonchev–Trinajstić information content (AvgIpc) is 2.43. The van der Waals surface area contributed by atoms with E-state index < -0.39 is 0 Å². The Morgan fingerprint density at radius 1 is 1.30 bits per heavy atom. The van der Waals surface area contributed by atoms with Gasteiger partial charge < -0.3 is 10.5 Å². The zero-order valence-corrected chi connectivity index (χ0v) is 14.3. The minimum absolute atomic E-state index is 0.204. The van der Waals surface area contributed by atoms with Crippen molar-refractivity contribution in [2.24, 2.45) is 23.5 Å². The molecule has 20 heavy (non-hydrogen) atoms. The summed E-state index contributed by atoms with van der Waals surface area (Å²) in [5.41, 5.74) is 6.47. The molecule has 0 spiro atoms. The molecule has 120 valence electrons. The van der Waals surface area contributed by atoms with Crippen LogP contribution in [0.3, 0.4) is 0 Å². The molecule has 2 atom stereocenters. The Balaban J connectivity index is 2.84. The smallest absolute Gasteiger partial charge is 0.0589 e. The van der Waals surface area contributed by atoms with E-state index in [9.17, 15) is 0 Å². The highest BCUT2D eigenvalue weighted by Gasteiger charge is 2.40. The molecule has 0 aliphatic heterocycles. The van der Waals surface area contributed by atoms with Crippen molar-refractivity contribution in [2.45, 2.75) is 58.9 Å². The van der Waals surface area contributed by atoms with Crippen LogP contribution in [-0.4, -0.2) is 43.8 Å². The van der Waals surface area contributed by atoms with E-state index >= 15 is 0 Å². The number of ether oxygens (including phenoxy) is 1. The first-order chi connectivity index (χ1) is 9.45. The molecular weight excluding hydrogens is 248 g/mol. The van der Waals surface area contributed by atoms with Crippen LogP contribution in [0.15, 0.2) is 0 Å². The van der Waals surface area contributed by atoms with Crippen molar-refractivity contribution in [3.8, 4) is 0 Å². The van der Waals surface area contributed by atoms with Crippen molar-refractivity contribution >= 4 is 0 Å². The Bertz CT molecular complexity index is 268. The predicted octanol–water partition coefficient (Wildman–Crippen LogP) is 3.13. The maximum Gasteiger partial charge on any atom is 0.0589 e. The molecular formula is C17H36N2O. The Kier molecular flexibility index (Phi) is 7.49. The van der Waals surface area contributed by atoms with Crippen LogP contribution in [-0.2, 0) is 4.74 Å². The van der Waals surface area contributed by atoms with E-state index in [4.69, 9.17) is 10.5 Å². The molecule has 3 heteroatoms. The Labute approximate surface area is 126 Å². The molecule has 2 N–H and O–H groups in total. The second kappa shape index (κ2) is 8.35. The number of nitrogens with two attached hydrogens (primary N) is 1. The number of rotatable bonds is 8. The number of methoxy groups -OCH3 is 1. The molecule has 0 amide bonds. The zero-order valence-electron chi connectivity index (χ0n) is 14.3. The van der Waals surface area contributed by atoms with Gasteiger partial charge in [-0.3, -0.25) is 4.90 Å². The van der Waals surface area contributed by atoms with Gasteiger partial charge in [-0.2, -0.15) is 0 Å². The van der Waals surface area contributed by atoms with E-state index in [1.165, 1.54) is 25.7 Å². The van der Waals surface area contributed by atoms with Gasteiger partial charge in [0.25, 0.3) is 0 Å². The van der Waals surface area contributed by atoms with Crippen LogP contribution in [0.4, 0.5) is 0 Å². The summed E-state index contributed by atoms with van der Waals surface area (Å²) < 4.78 is 5.33. The van der Waals surface area contributed by atoms with Gasteiger partial charge in [0.2, 0.25) is 0 Å². The van der Waals surface area contributed by atoms with Crippen LogP contribution in [0.25, 0.3) is 0 Å². The van der Waals surface area contributed by atoms with E-state index in [0.717, 1.165) is 38.1 Å². The molecule has 1 saturated carbocycles. The quantitative estimate of drug-likeness (QED) is 0.744. The predicted molar refractivity (Wildman–Crippen MR) is 86.9 cm³/mol. The minimum atomic E-state index is 0.204. The summed E-state index contributed by atoms with van der Waals surface area (Å²) in [4.78, 5) is 2.63. The monoisotopic (exact) mass is 284 g/mol. The molecule has 1 fully saturated rings. The summed E-state index contributed by atoms with van der Waals surface area (Å²) in [6, 6.07) is 0. The van der Waals surface area contributed by atoms with Gasteiger partial charge in [-0.05, 0) is 30.6 Å². The lowest BCUT2D eigenvalue weighted by atomic mass is 9.70. The second-order valence-corrected chi connectivity index (χ2v) is 7.36. The molecule has 1 aliphatic rings. The molecule has 0 aromatic rings. The first-order valence-electron chi connectivity index (χ1n) is 8.39. The summed E-state index contributed by atoms with van der Waals surface area (Å²) in [5, 5.41) is 0. The van der Waals surface area contributed by atoms with Crippen molar-refractivity contribution in [1.82, 2.24) is 4.90 Å². The molecule has 0 radical (unpaired) electrons. The average molecular weight is 284 g/mol. The van der Waals surface area contributed by atoms with E-state index in [0.29, 0.717) is 5.92 Å². The largest absolute Gasteiger partial charge is 0.383 e. The van der Waals surface area contributed by atoms with Gasteiger partial charge in [-0.1, -0.05) is 40.5 Å². The van der Waals surface area contributed by atoms with Crippen molar-refractivity contribution in [3.63, 3.8) is 0 Å². The lowest BCUT2D eigenvalue weighted by Crippen LogP contribution is -2.58. The van der Waals surface area contributed by atoms with Gasteiger partial charge in [-0.25, -0.2) is 0 Å². The van der Waals surface area contributed by atoms with Crippen LogP contribution in [0.2, 0.25) is 0 Å². The van der Waals surface area contributed by atoms with Gasteiger partial charge in [0.05, 0.1) is 6.61 Å². The Morgan fingerprint density at radius 2 is 2.00 bits per heavy atom. The molecule has 0 bridgehead atoms. The fraction of sp³-hybridized carbons (Fsp3) is 1.00. The summed E-state index contributed by atoms with van der Waals surface area (Å²) >= 11 is 0. The molecule has 3 nitrogen and oxygen atoms in total. The maximum atomic E-state index is 6.27. The molecule has 1 rings (SSSR count). The summed E-state index contributed by atoms with van der Waals surface area (Å²) in [6.45, 7) is 13.0. The maximum absolute atomic E-state index is 6.27. The van der Waals surface area contributed by atoms with Gasteiger partial charge in [0.15, 0.2) is 0 Å². The summed E-state index contributed by atoms with van der Waals surface area (Å²) in [6.07, 6.45) is 5.21. The van der Waals surface area contributed by atoms with Crippen LogP contribution in [0.5, 0.6) is 0 Å². The molecule has 1 aliphatic carbocycles. The molecule has 2 unspecified atom stereocenters. The van der Waals surface area contributed by atoms with Crippen molar-refractivity contribution < 1.29 is 4.74 Å². The summed E-state index contributed by atoms with van der Waals surface area (Å²) in [5.74, 6) is 2.27. The lowest BCUT2D eigenvalue weighted by Gasteiger charge is -2.49. The number of nitrogens with zero attached hydrogens (tertiary/aromatic N) is 1. The van der Waals surface area contributed by atoms with Crippen LogP contribution in [0.1, 0.15) is 53.4 Å². The SMILES string of the molecule is COCCN(CC(C)C)C1(CN)CCCC(C(C)C)C1. The third-order valence-electron chi connectivity index (χ3n) is 5.00. The minimum Gasteiger partial charge on any atom is -0.383 e. The highest BCUT2D eigenvalue weighted by Crippen LogP contribution is 2.39. The van der Waals surface area contributed by atoms with E-state index in [1.54, 1.807) is 7.11 Å². The van der Waals surface area contributed by atoms with Gasteiger partial charge >= 0.3 is 0 Å². The van der Waals surface area contributed by atoms with E-state index in [1.807, 2.05) is 0 Å². The fourth-order valence-electron chi connectivity index (χ4n) is 3.72. The third kappa shape index (κ3) is 4.71. The Morgan fingerprint density at radius 3 is 2.50 bits per heavy atom. The van der Waals surface area contributed by atoms with Crippen LogP contribution in [0, 0.1) is 17.8 Å². The first-order valence-corrected chi connectivity index (χ1v) is 8.39. The van der Waals surface area contributed by atoms with Gasteiger partial charge in [-0.15, -0.1) is 0 Å². The zero-order chi connectivity index (χ0) is 15.2. The molecule has 0 aromatic carbocycles. The van der Waals surface area contributed by atoms with E-state index in [-0.39, 0.29) is 5.54 Å². The van der Waals surface area contributed by atoms with E-state index in [2.05, 4.69) is 32.6 Å². The number of hydrogen-bond donors (Lipinski definition) is 1. The third-order valence-corrected chi connectivity index (χ3v) is 5.00. The van der Waals surface area contributed by atoms with Crippen molar-refractivity contribution in [3.05, 3.63) is 0 Å². The number of hydrogen-bond acceptors (Lipinski definition) is 3. The highest BCUT2D eigenvalue weighted by atomic mass is 16.5. The van der Waals surface area contributed by atoms with Crippen LogP contribution >= 0.6 is 0 Å². The van der Waals surface area contributed by atoms with Gasteiger partial charge in [0, 0.05) is 32.3 Å².